The molecule has 2 heterocycles. The SMILES string of the molecule is O=C(CN1CCN(c2ccc(Cl)cc2)C1=O)NCCCN1CCCC1=O. The number of urea groups is 1. The number of hydrogen-bond donors (Lipinski definition) is 1. The van der Waals surface area contributed by atoms with E-state index in [0.717, 1.165) is 25.1 Å². The first-order valence-corrected chi connectivity index (χ1v) is 9.29. The standard InChI is InChI=1S/C18H23ClN4O3/c19-14-4-6-15(7-5-14)23-12-11-22(18(23)26)13-16(24)20-8-2-10-21-9-1-3-17(21)25/h4-7H,1-3,8-13H2,(H,20,24). The Morgan fingerprint density at radius 2 is 1.85 bits per heavy atom. The number of rotatable bonds is 7. The molecule has 1 aromatic carbocycles. The van der Waals surface area contributed by atoms with Crippen LogP contribution in [0.2, 0.25) is 5.02 Å². The van der Waals surface area contributed by atoms with Gasteiger partial charge < -0.3 is 15.1 Å². The van der Waals surface area contributed by atoms with Crippen LogP contribution in [0.1, 0.15) is 19.3 Å². The van der Waals surface area contributed by atoms with Gasteiger partial charge in [0.1, 0.15) is 6.54 Å². The van der Waals surface area contributed by atoms with E-state index in [-0.39, 0.29) is 24.4 Å². The van der Waals surface area contributed by atoms with Crippen molar-refractivity contribution in [1.82, 2.24) is 15.1 Å². The Balaban J connectivity index is 1.39. The Labute approximate surface area is 157 Å². The van der Waals surface area contributed by atoms with Gasteiger partial charge in [0.05, 0.1) is 0 Å². The highest BCUT2D eigenvalue weighted by Gasteiger charge is 2.30. The summed E-state index contributed by atoms with van der Waals surface area (Å²) in [7, 11) is 0. The minimum Gasteiger partial charge on any atom is -0.354 e. The molecule has 2 fully saturated rings. The van der Waals surface area contributed by atoms with E-state index >= 15 is 0 Å². The lowest BCUT2D eigenvalue weighted by Gasteiger charge is -2.19. The van der Waals surface area contributed by atoms with E-state index in [0.29, 0.717) is 37.6 Å². The van der Waals surface area contributed by atoms with Crippen LogP contribution in [-0.4, -0.2) is 66.9 Å². The van der Waals surface area contributed by atoms with Crippen molar-refractivity contribution in [2.75, 3.05) is 44.2 Å². The number of carbonyl (C=O) groups excluding carboxylic acids is 3. The van der Waals surface area contributed by atoms with Crippen LogP contribution in [0.4, 0.5) is 10.5 Å². The van der Waals surface area contributed by atoms with E-state index in [9.17, 15) is 14.4 Å². The molecule has 2 aliphatic heterocycles. The fourth-order valence-corrected chi connectivity index (χ4v) is 3.38. The largest absolute Gasteiger partial charge is 0.354 e. The first-order chi connectivity index (χ1) is 12.5. The third-order valence-corrected chi connectivity index (χ3v) is 4.92. The van der Waals surface area contributed by atoms with Crippen LogP contribution >= 0.6 is 11.6 Å². The Hall–Kier alpha value is -2.28. The second kappa shape index (κ2) is 8.40. The minimum atomic E-state index is -0.177. The average Bonchev–Trinajstić information content (AvgIpc) is 3.19. The highest BCUT2D eigenvalue weighted by atomic mass is 35.5. The summed E-state index contributed by atoms with van der Waals surface area (Å²) in [5, 5.41) is 3.44. The molecule has 0 bridgehead atoms. The lowest BCUT2D eigenvalue weighted by Crippen LogP contribution is -2.40. The zero-order valence-corrected chi connectivity index (χ0v) is 15.4. The molecule has 0 aliphatic carbocycles. The van der Waals surface area contributed by atoms with Crippen molar-refractivity contribution in [1.29, 1.82) is 0 Å². The molecule has 4 amide bonds. The van der Waals surface area contributed by atoms with E-state index < -0.39 is 0 Å². The third kappa shape index (κ3) is 4.46. The van der Waals surface area contributed by atoms with Gasteiger partial charge in [-0.05, 0) is 37.1 Å². The zero-order valence-electron chi connectivity index (χ0n) is 14.6. The van der Waals surface area contributed by atoms with Crippen LogP contribution in [0.15, 0.2) is 24.3 Å². The van der Waals surface area contributed by atoms with E-state index in [1.54, 1.807) is 29.2 Å². The van der Waals surface area contributed by atoms with E-state index in [1.165, 1.54) is 4.90 Å². The second-order valence-electron chi connectivity index (χ2n) is 6.52. The van der Waals surface area contributed by atoms with Gasteiger partial charge in [0.2, 0.25) is 11.8 Å². The summed E-state index contributed by atoms with van der Waals surface area (Å²) in [6.45, 7) is 3.10. The predicted octanol–water partition coefficient (Wildman–Crippen LogP) is 1.71. The van der Waals surface area contributed by atoms with E-state index in [2.05, 4.69) is 5.32 Å². The summed E-state index contributed by atoms with van der Waals surface area (Å²) < 4.78 is 0. The van der Waals surface area contributed by atoms with Gasteiger partial charge in [-0.15, -0.1) is 0 Å². The lowest BCUT2D eigenvalue weighted by atomic mass is 10.3. The Morgan fingerprint density at radius 3 is 2.54 bits per heavy atom. The normalized spacial score (nSPS) is 17.3. The number of likely N-dealkylation sites (tertiary alicyclic amines) is 1. The lowest BCUT2D eigenvalue weighted by molar-refractivity contribution is -0.127. The smallest absolute Gasteiger partial charge is 0.325 e. The molecule has 3 rings (SSSR count). The molecular formula is C18H23ClN4O3. The molecule has 0 aromatic heterocycles. The first-order valence-electron chi connectivity index (χ1n) is 8.91. The van der Waals surface area contributed by atoms with E-state index in [1.807, 2.05) is 4.90 Å². The minimum absolute atomic E-state index is 0.0472. The van der Waals surface area contributed by atoms with Gasteiger partial charge in [0.25, 0.3) is 0 Å². The number of halogens is 1. The topological polar surface area (TPSA) is 73.0 Å². The van der Waals surface area contributed by atoms with Gasteiger partial charge in [-0.25, -0.2) is 4.79 Å². The highest BCUT2D eigenvalue weighted by molar-refractivity contribution is 6.30. The zero-order chi connectivity index (χ0) is 18.5. The number of benzene rings is 1. The summed E-state index contributed by atoms with van der Waals surface area (Å²) >= 11 is 5.87. The molecule has 1 aromatic rings. The molecule has 2 saturated heterocycles. The van der Waals surface area contributed by atoms with Crippen LogP contribution < -0.4 is 10.2 Å². The van der Waals surface area contributed by atoms with Crippen molar-refractivity contribution in [3.05, 3.63) is 29.3 Å². The fraction of sp³-hybridized carbons (Fsp3) is 0.500. The number of hydrogen-bond acceptors (Lipinski definition) is 3. The summed E-state index contributed by atoms with van der Waals surface area (Å²) in [5.41, 5.74) is 0.776. The Morgan fingerprint density at radius 1 is 1.08 bits per heavy atom. The Kier molecular flexibility index (Phi) is 5.98. The molecule has 0 radical (unpaired) electrons. The molecule has 0 spiro atoms. The van der Waals surface area contributed by atoms with Gasteiger partial charge in [-0.3, -0.25) is 14.5 Å². The molecule has 140 valence electrons. The Bertz CT molecular complexity index is 680. The number of nitrogens with one attached hydrogen (secondary N) is 1. The first kappa shape index (κ1) is 18.5. The van der Waals surface area contributed by atoms with E-state index in [4.69, 9.17) is 11.6 Å². The van der Waals surface area contributed by atoms with Crippen molar-refractivity contribution in [2.45, 2.75) is 19.3 Å². The molecule has 0 atom stereocenters. The number of amides is 4. The summed E-state index contributed by atoms with van der Waals surface area (Å²) in [4.78, 5) is 41.1. The third-order valence-electron chi connectivity index (χ3n) is 4.67. The quantitative estimate of drug-likeness (QED) is 0.734. The van der Waals surface area contributed by atoms with Crippen LogP contribution in [0, 0.1) is 0 Å². The van der Waals surface area contributed by atoms with Gasteiger partial charge in [-0.1, -0.05) is 11.6 Å². The molecule has 0 unspecified atom stereocenters. The summed E-state index contributed by atoms with van der Waals surface area (Å²) in [6, 6.07) is 6.90. The number of carbonyl (C=O) groups is 3. The highest BCUT2D eigenvalue weighted by Crippen LogP contribution is 2.22. The number of nitrogens with zero attached hydrogens (tertiary/aromatic N) is 3. The molecule has 8 heteroatoms. The molecule has 0 saturated carbocycles. The molecule has 7 nitrogen and oxygen atoms in total. The van der Waals surface area contributed by atoms with Crippen molar-refractivity contribution in [2.24, 2.45) is 0 Å². The molecule has 2 aliphatic rings. The average molecular weight is 379 g/mol. The van der Waals surface area contributed by atoms with Gasteiger partial charge in [0.15, 0.2) is 0 Å². The maximum atomic E-state index is 12.5. The van der Waals surface area contributed by atoms with Crippen molar-refractivity contribution < 1.29 is 14.4 Å². The molecule has 1 N–H and O–H groups in total. The van der Waals surface area contributed by atoms with Crippen molar-refractivity contribution in [3.63, 3.8) is 0 Å². The van der Waals surface area contributed by atoms with Crippen LogP contribution in [0.3, 0.4) is 0 Å². The van der Waals surface area contributed by atoms with Crippen molar-refractivity contribution in [3.8, 4) is 0 Å². The second-order valence-corrected chi connectivity index (χ2v) is 6.96. The maximum absolute atomic E-state index is 12.5. The fourth-order valence-electron chi connectivity index (χ4n) is 3.26. The van der Waals surface area contributed by atoms with Gasteiger partial charge >= 0.3 is 6.03 Å². The van der Waals surface area contributed by atoms with Crippen LogP contribution in [0.5, 0.6) is 0 Å². The van der Waals surface area contributed by atoms with Gasteiger partial charge in [-0.2, -0.15) is 0 Å². The van der Waals surface area contributed by atoms with Crippen LogP contribution in [0.25, 0.3) is 0 Å². The summed E-state index contributed by atoms with van der Waals surface area (Å²) in [5.74, 6) is 0.0188. The van der Waals surface area contributed by atoms with Crippen molar-refractivity contribution >= 4 is 35.1 Å². The molecular weight excluding hydrogens is 356 g/mol. The number of anilines is 1. The monoisotopic (exact) mass is 378 g/mol. The predicted molar refractivity (Wildman–Crippen MR) is 99.2 cm³/mol. The maximum Gasteiger partial charge on any atom is 0.325 e. The van der Waals surface area contributed by atoms with Gasteiger partial charge in [0, 0.05) is 49.9 Å². The summed E-state index contributed by atoms with van der Waals surface area (Å²) in [6.07, 6.45) is 2.28. The molecule has 26 heavy (non-hydrogen) atoms. The van der Waals surface area contributed by atoms with Crippen LogP contribution in [-0.2, 0) is 9.59 Å².